The van der Waals surface area contributed by atoms with E-state index in [0.717, 1.165) is 19.5 Å². The van der Waals surface area contributed by atoms with Crippen LogP contribution in [0.1, 0.15) is 12.1 Å². The molecule has 1 saturated heterocycles. The van der Waals surface area contributed by atoms with Crippen molar-refractivity contribution >= 4 is 27.2 Å². The van der Waals surface area contributed by atoms with Gasteiger partial charge in [-0.25, -0.2) is 13.1 Å². The van der Waals surface area contributed by atoms with Gasteiger partial charge in [0.15, 0.2) is 0 Å². The number of pyridine rings is 1. The Morgan fingerprint density at radius 3 is 3.00 bits per heavy atom. The van der Waals surface area contributed by atoms with Gasteiger partial charge in [-0.3, -0.25) is 4.98 Å². The van der Waals surface area contributed by atoms with Gasteiger partial charge in [0, 0.05) is 19.3 Å². The first-order chi connectivity index (χ1) is 9.40. The SMILES string of the molecule is CN1CCC(CNS(=O)(=O)c2cccnc2C(N)=S)C1. The summed E-state index contributed by atoms with van der Waals surface area (Å²) in [5.74, 6) is 0.333. The second-order valence-electron chi connectivity index (χ2n) is 4.98. The van der Waals surface area contributed by atoms with Crippen molar-refractivity contribution in [1.29, 1.82) is 0 Å². The third-order valence-corrected chi connectivity index (χ3v) is 4.99. The molecule has 1 unspecified atom stereocenters. The first-order valence-corrected chi connectivity index (χ1v) is 8.22. The minimum atomic E-state index is -3.64. The van der Waals surface area contributed by atoms with Gasteiger partial charge in [-0.1, -0.05) is 12.2 Å². The van der Waals surface area contributed by atoms with Gasteiger partial charge >= 0.3 is 0 Å². The van der Waals surface area contributed by atoms with Gasteiger partial charge in [-0.15, -0.1) is 0 Å². The fourth-order valence-corrected chi connectivity index (χ4v) is 3.80. The number of aromatic nitrogens is 1. The van der Waals surface area contributed by atoms with Crippen LogP contribution in [0, 0.1) is 5.92 Å². The number of likely N-dealkylation sites (tertiary alicyclic amines) is 1. The summed E-state index contributed by atoms with van der Waals surface area (Å²) in [5, 5.41) is 0. The largest absolute Gasteiger partial charge is 0.388 e. The molecule has 1 aromatic rings. The number of sulfonamides is 1. The highest BCUT2D eigenvalue weighted by molar-refractivity contribution is 7.89. The summed E-state index contributed by atoms with van der Waals surface area (Å²) in [6.07, 6.45) is 2.47. The van der Waals surface area contributed by atoms with Gasteiger partial charge in [0.05, 0.1) is 0 Å². The van der Waals surface area contributed by atoms with Gasteiger partial charge in [0.1, 0.15) is 15.6 Å². The molecule has 1 aromatic heterocycles. The summed E-state index contributed by atoms with van der Waals surface area (Å²) in [5.41, 5.74) is 5.66. The van der Waals surface area contributed by atoms with Crippen LogP contribution in [0.2, 0.25) is 0 Å². The molecule has 1 aliphatic rings. The Labute approximate surface area is 124 Å². The lowest BCUT2D eigenvalue weighted by atomic mass is 10.1. The van der Waals surface area contributed by atoms with E-state index in [2.05, 4.69) is 14.6 Å². The highest BCUT2D eigenvalue weighted by Crippen LogP contribution is 2.16. The molecule has 3 N–H and O–H groups in total. The lowest BCUT2D eigenvalue weighted by molar-refractivity contribution is 0.394. The molecule has 0 bridgehead atoms. The summed E-state index contributed by atoms with van der Waals surface area (Å²) >= 11 is 4.84. The van der Waals surface area contributed by atoms with Gasteiger partial charge < -0.3 is 10.6 Å². The highest BCUT2D eigenvalue weighted by atomic mass is 32.2. The molecule has 8 heteroatoms. The van der Waals surface area contributed by atoms with E-state index in [1.807, 2.05) is 7.05 Å². The van der Waals surface area contributed by atoms with Crippen molar-refractivity contribution in [2.24, 2.45) is 11.7 Å². The predicted octanol–water partition coefficient (Wildman–Crippen LogP) is -0.0542. The van der Waals surface area contributed by atoms with E-state index < -0.39 is 10.0 Å². The molecular weight excluding hydrogens is 296 g/mol. The summed E-state index contributed by atoms with van der Waals surface area (Å²) in [4.78, 5) is 6.15. The summed E-state index contributed by atoms with van der Waals surface area (Å²) < 4.78 is 27.3. The van der Waals surface area contributed by atoms with Crippen molar-refractivity contribution in [2.45, 2.75) is 11.3 Å². The number of thiocarbonyl (C=S) groups is 1. The summed E-state index contributed by atoms with van der Waals surface area (Å²) in [6.45, 7) is 2.31. The van der Waals surface area contributed by atoms with Gasteiger partial charge in [0.2, 0.25) is 10.0 Å². The van der Waals surface area contributed by atoms with E-state index in [1.165, 1.54) is 12.3 Å². The van der Waals surface area contributed by atoms with Crippen LogP contribution in [-0.2, 0) is 10.0 Å². The van der Waals surface area contributed by atoms with Crippen LogP contribution in [0.15, 0.2) is 23.2 Å². The number of hydrogen-bond donors (Lipinski definition) is 2. The van der Waals surface area contributed by atoms with Crippen molar-refractivity contribution in [1.82, 2.24) is 14.6 Å². The first kappa shape index (κ1) is 15.3. The fraction of sp³-hybridized carbons (Fsp3) is 0.500. The zero-order valence-electron chi connectivity index (χ0n) is 11.2. The van der Waals surface area contributed by atoms with Crippen LogP contribution in [0.5, 0.6) is 0 Å². The maximum atomic E-state index is 12.3. The summed E-state index contributed by atoms with van der Waals surface area (Å²) in [6, 6.07) is 3.02. The Morgan fingerprint density at radius 2 is 2.40 bits per heavy atom. The molecule has 0 amide bonds. The normalized spacial score (nSPS) is 20.1. The maximum absolute atomic E-state index is 12.3. The minimum absolute atomic E-state index is 0.0217. The van der Waals surface area contributed by atoms with Crippen LogP contribution in [0.3, 0.4) is 0 Å². The van der Waals surface area contributed by atoms with Crippen LogP contribution in [0.25, 0.3) is 0 Å². The summed E-state index contributed by atoms with van der Waals surface area (Å²) in [7, 11) is -1.61. The van der Waals surface area contributed by atoms with Crippen LogP contribution in [-0.4, -0.2) is 50.0 Å². The molecule has 0 spiro atoms. The number of hydrogen-bond acceptors (Lipinski definition) is 5. The van der Waals surface area contributed by atoms with E-state index >= 15 is 0 Å². The molecule has 2 heterocycles. The quantitative estimate of drug-likeness (QED) is 0.741. The van der Waals surface area contributed by atoms with Gasteiger partial charge in [-0.2, -0.15) is 0 Å². The molecule has 6 nitrogen and oxygen atoms in total. The molecule has 0 radical (unpaired) electrons. The second-order valence-corrected chi connectivity index (χ2v) is 7.16. The van der Waals surface area contributed by atoms with E-state index in [9.17, 15) is 8.42 Å². The average molecular weight is 314 g/mol. The molecule has 110 valence electrons. The van der Waals surface area contributed by atoms with Crippen LogP contribution >= 0.6 is 12.2 Å². The molecule has 1 fully saturated rings. The van der Waals surface area contributed by atoms with Crippen molar-refractivity contribution in [3.8, 4) is 0 Å². The average Bonchev–Trinajstić information content (AvgIpc) is 2.82. The molecular formula is C12H18N4O2S2. The van der Waals surface area contributed by atoms with Crippen LogP contribution in [0.4, 0.5) is 0 Å². The molecule has 0 saturated carbocycles. The third kappa shape index (κ3) is 3.51. The Morgan fingerprint density at radius 1 is 1.65 bits per heavy atom. The maximum Gasteiger partial charge on any atom is 0.242 e. The number of nitrogens with one attached hydrogen (secondary N) is 1. The zero-order chi connectivity index (χ0) is 14.8. The molecule has 1 aliphatic heterocycles. The van der Waals surface area contributed by atoms with Gasteiger partial charge in [0.25, 0.3) is 0 Å². The highest BCUT2D eigenvalue weighted by Gasteiger charge is 2.24. The molecule has 0 aromatic carbocycles. The van der Waals surface area contributed by atoms with Gasteiger partial charge in [-0.05, 0) is 38.1 Å². The van der Waals surface area contributed by atoms with Crippen molar-refractivity contribution in [2.75, 3.05) is 26.7 Å². The van der Waals surface area contributed by atoms with Crippen molar-refractivity contribution in [3.05, 3.63) is 24.0 Å². The lowest BCUT2D eigenvalue weighted by Crippen LogP contribution is -2.32. The van der Waals surface area contributed by atoms with E-state index in [-0.39, 0.29) is 15.6 Å². The standard InChI is InChI=1S/C12H18N4O2S2/c1-16-6-4-9(8-16)7-15-20(17,18)10-3-2-5-14-11(10)12(13)19/h2-3,5,9,15H,4,6-8H2,1H3,(H2,13,19). The van der Waals surface area contributed by atoms with E-state index in [1.54, 1.807) is 6.07 Å². The monoisotopic (exact) mass is 314 g/mol. The lowest BCUT2D eigenvalue weighted by Gasteiger charge is -2.13. The third-order valence-electron chi connectivity index (χ3n) is 3.34. The Kier molecular flexibility index (Phi) is 4.69. The molecule has 2 rings (SSSR count). The number of nitrogens with zero attached hydrogens (tertiary/aromatic N) is 2. The first-order valence-electron chi connectivity index (χ1n) is 6.33. The Hall–Kier alpha value is -1.09. The van der Waals surface area contributed by atoms with E-state index in [0.29, 0.717) is 12.5 Å². The zero-order valence-corrected chi connectivity index (χ0v) is 12.9. The van der Waals surface area contributed by atoms with Crippen molar-refractivity contribution < 1.29 is 8.42 Å². The van der Waals surface area contributed by atoms with Crippen LogP contribution < -0.4 is 10.5 Å². The molecule has 1 atom stereocenters. The fourth-order valence-electron chi connectivity index (χ4n) is 2.29. The number of nitrogens with two attached hydrogens (primary N) is 1. The molecule has 0 aliphatic carbocycles. The smallest absolute Gasteiger partial charge is 0.242 e. The topological polar surface area (TPSA) is 88.3 Å². The Bertz CT molecular complexity index is 603. The van der Waals surface area contributed by atoms with Crippen molar-refractivity contribution in [3.63, 3.8) is 0 Å². The Balaban J connectivity index is 2.12. The minimum Gasteiger partial charge on any atom is -0.388 e. The second kappa shape index (κ2) is 6.13. The molecule has 20 heavy (non-hydrogen) atoms. The van der Waals surface area contributed by atoms with E-state index in [4.69, 9.17) is 18.0 Å². The predicted molar refractivity (Wildman–Crippen MR) is 80.9 cm³/mol. The number of rotatable bonds is 5.